The molecule has 1 fully saturated rings. The number of aryl methyl sites for hydroxylation is 1. The van der Waals surface area contributed by atoms with Crippen molar-refractivity contribution < 1.29 is 28.2 Å². The van der Waals surface area contributed by atoms with Gasteiger partial charge in [-0.2, -0.15) is 5.26 Å². The molecule has 0 unspecified atom stereocenters. The highest BCUT2D eigenvalue weighted by Crippen LogP contribution is 2.41. The number of carbonyl (C=O) groups excluding carboxylic acids is 1. The van der Waals surface area contributed by atoms with Gasteiger partial charge in [0.05, 0.1) is 30.3 Å². The van der Waals surface area contributed by atoms with E-state index in [2.05, 4.69) is 69.6 Å². The molecule has 1 amide bonds. The fourth-order valence-corrected chi connectivity index (χ4v) is 7.84. The van der Waals surface area contributed by atoms with Crippen LogP contribution in [-0.4, -0.2) is 95.0 Å². The molecule has 1 aromatic heterocycles. The highest BCUT2D eigenvalue weighted by molar-refractivity contribution is 6.76. The molecule has 4 rings (SSSR count). The molecular formula is C36H57N5O6Si2. The van der Waals surface area contributed by atoms with Crippen molar-refractivity contribution in [3.05, 3.63) is 29.3 Å². The zero-order chi connectivity index (χ0) is 36.4. The molecule has 0 spiro atoms. The topological polar surface area (TPSA) is 119 Å². The third-order valence-corrected chi connectivity index (χ3v) is 15.6. The average molecular weight is 712 g/mol. The van der Waals surface area contributed by atoms with Crippen LogP contribution in [0.5, 0.6) is 11.5 Å². The van der Waals surface area contributed by atoms with E-state index in [1.807, 2.05) is 39.8 Å². The van der Waals surface area contributed by atoms with Crippen molar-refractivity contribution >= 4 is 28.3 Å². The number of ether oxygens (including phenoxy) is 4. The van der Waals surface area contributed by atoms with Crippen LogP contribution in [0.4, 0.5) is 10.6 Å². The van der Waals surface area contributed by atoms with Crippen LogP contribution in [-0.2, 0) is 13.9 Å². The first-order chi connectivity index (χ1) is 22.7. The van der Waals surface area contributed by atoms with Gasteiger partial charge in [-0.3, -0.25) is 0 Å². The van der Waals surface area contributed by atoms with E-state index in [-0.39, 0.29) is 30.1 Å². The fraction of sp³-hybridized carbons (Fsp3) is 0.667. The van der Waals surface area contributed by atoms with Crippen LogP contribution in [0.25, 0.3) is 11.3 Å². The van der Waals surface area contributed by atoms with E-state index in [1.54, 1.807) is 11.0 Å². The Morgan fingerprint density at radius 1 is 1.06 bits per heavy atom. The summed E-state index contributed by atoms with van der Waals surface area (Å²) in [6.45, 7) is 28.4. The lowest BCUT2D eigenvalue weighted by atomic mass is 10.00. The number of likely N-dealkylation sites (tertiary alicyclic amines) is 1. The Morgan fingerprint density at radius 3 is 2.41 bits per heavy atom. The number of benzene rings is 1. The molecule has 49 heavy (non-hydrogen) atoms. The van der Waals surface area contributed by atoms with Crippen LogP contribution < -0.4 is 14.4 Å². The van der Waals surface area contributed by atoms with Crippen LogP contribution in [0.15, 0.2) is 18.2 Å². The smallest absolute Gasteiger partial charge is 0.410 e. The zero-order valence-corrected chi connectivity index (χ0v) is 33.7. The molecule has 270 valence electrons. The molecule has 1 saturated heterocycles. The fourth-order valence-electron chi connectivity index (χ4n) is 5.72. The minimum absolute atomic E-state index is 0.0242. The van der Waals surface area contributed by atoms with Gasteiger partial charge in [0.25, 0.3) is 0 Å². The van der Waals surface area contributed by atoms with Gasteiger partial charge in [0.15, 0.2) is 26.7 Å². The van der Waals surface area contributed by atoms with Gasteiger partial charge < -0.3 is 33.2 Å². The number of amides is 1. The molecule has 2 aliphatic heterocycles. The lowest BCUT2D eigenvalue weighted by Crippen LogP contribution is -2.59. The minimum atomic E-state index is -2.13. The molecule has 2 atom stereocenters. The predicted octanol–water partition coefficient (Wildman–Crippen LogP) is 7.61. The van der Waals surface area contributed by atoms with Crippen LogP contribution in [0, 0.1) is 18.3 Å². The van der Waals surface area contributed by atoms with E-state index in [1.165, 1.54) is 0 Å². The molecule has 2 aromatic rings. The van der Waals surface area contributed by atoms with Gasteiger partial charge in [0.1, 0.15) is 23.7 Å². The van der Waals surface area contributed by atoms with Crippen molar-refractivity contribution in [1.82, 2.24) is 15.1 Å². The number of piperidine rings is 1. The number of carbonyl (C=O) groups is 1. The summed E-state index contributed by atoms with van der Waals surface area (Å²) in [4.78, 5) is 17.4. The number of rotatable bonds is 10. The second-order valence-electron chi connectivity index (χ2n) is 17.0. The van der Waals surface area contributed by atoms with Gasteiger partial charge in [-0.25, -0.2) is 4.79 Å². The number of nitrogens with zero attached hydrogens (tertiary/aromatic N) is 5. The normalized spacial score (nSPS) is 18.8. The van der Waals surface area contributed by atoms with Crippen LogP contribution >= 0.6 is 0 Å². The van der Waals surface area contributed by atoms with E-state index < -0.39 is 22.0 Å². The highest BCUT2D eigenvalue weighted by Gasteiger charge is 2.44. The Bertz CT molecular complexity index is 1530. The maximum absolute atomic E-state index is 13.4. The summed E-state index contributed by atoms with van der Waals surface area (Å²) in [5.74, 6) is 1.74. The molecular weight excluding hydrogens is 655 g/mol. The zero-order valence-electron chi connectivity index (χ0n) is 31.7. The molecule has 3 heterocycles. The molecule has 13 heteroatoms. The summed E-state index contributed by atoms with van der Waals surface area (Å²) < 4.78 is 30.8. The number of hydrogen-bond acceptors (Lipinski definition) is 10. The van der Waals surface area contributed by atoms with E-state index in [4.69, 9.17) is 28.5 Å². The lowest BCUT2D eigenvalue weighted by Gasteiger charge is -2.47. The van der Waals surface area contributed by atoms with E-state index in [9.17, 15) is 10.1 Å². The average Bonchev–Trinajstić information content (AvgIpc) is 2.97. The maximum Gasteiger partial charge on any atom is 0.410 e. The first-order valence-electron chi connectivity index (χ1n) is 17.4. The largest absolute Gasteiger partial charge is 0.488 e. The second kappa shape index (κ2) is 15.0. The summed E-state index contributed by atoms with van der Waals surface area (Å²) in [6, 6.07) is 8.60. The maximum atomic E-state index is 13.4. The second-order valence-corrected chi connectivity index (χ2v) is 27.4. The van der Waals surface area contributed by atoms with Crippen molar-refractivity contribution in [1.29, 1.82) is 5.26 Å². The quantitative estimate of drug-likeness (QED) is 0.138. The molecule has 0 aliphatic carbocycles. The van der Waals surface area contributed by atoms with Gasteiger partial charge >= 0.3 is 6.09 Å². The molecule has 0 radical (unpaired) electrons. The van der Waals surface area contributed by atoms with Gasteiger partial charge in [-0.1, -0.05) is 40.4 Å². The van der Waals surface area contributed by atoms with Crippen molar-refractivity contribution in [3.63, 3.8) is 0 Å². The van der Waals surface area contributed by atoms with Gasteiger partial charge in [-0.05, 0) is 76.0 Å². The molecule has 11 nitrogen and oxygen atoms in total. The minimum Gasteiger partial charge on any atom is -0.488 e. The molecule has 1 aromatic carbocycles. The van der Waals surface area contributed by atoms with E-state index in [0.717, 1.165) is 23.6 Å². The van der Waals surface area contributed by atoms with Crippen LogP contribution in [0.2, 0.25) is 43.8 Å². The third kappa shape index (κ3) is 10.2. The summed E-state index contributed by atoms with van der Waals surface area (Å²) >= 11 is 0. The first kappa shape index (κ1) is 38.6. The Kier molecular flexibility index (Phi) is 11.8. The molecule has 0 saturated carbocycles. The predicted molar refractivity (Wildman–Crippen MR) is 198 cm³/mol. The van der Waals surface area contributed by atoms with E-state index in [0.29, 0.717) is 61.4 Å². The number of hydrogen-bond donors (Lipinski definition) is 0. The number of nitriles is 1. The lowest BCUT2D eigenvalue weighted by molar-refractivity contribution is 0.00176. The van der Waals surface area contributed by atoms with Crippen LogP contribution in [0.1, 0.15) is 59.1 Å². The van der Waals surface area contributed by atoms with Crippen molar-refractivity contribution in [2.45, 2.75) is 116 Å². The van der Waals surface area contributed by atoms with Crippen molar-refractivity contribution in [2.24, 2.45) is 0 Å². The van der Waals surface area contributed by atoms with Gasteiger partial charge in [-0.15, -0.1) is 10.2 Å². The Labute approximate surface area is 295 Å². The number of anilines is 1. The van der Waals surface area contributed by atoms with E-state index >= 15 is 0 Å². The first-order valence-corrected chi connectivity index (χ1v) is 24.0. The Hall–Kier alpha value is -3.19. The molecule has 2 aliphatic rings. The van der Waals surface area contributed by atoms with Crippen molar-refractivity contribution in [3.8, 4) is 28.8 Å². The molecule has 0 N–H and O–H groups in total. The SMILES string of the molecule is Cc1cc(C#N)cc(OCOCC[Si](C)(C)C)c1-c1cc2c(nn1)N([C@@H]1C[C@H](O[Si](C)(C)C(C)(C)C)CN(C(=O)OC(C)(C)C)C1)CCO2. The monoisotopic (exact) mass is 711 g/mol. The van der Waals surface area contributed by atoms with Gasteiger partial charge in [0.2, 0.25) is 0 Å². The Balaban J connectivity index is 1.63. The van der Waals surface area contributed by atoms with Crippen LogP contribution in [0.3, 0.4) is 0 Å². The third-order valence-electron chi connectivity index (χ3n) is 9.33. The number of fused-ring (bicyclic) bond motifs is 1. The number of aromatic nitrogens is 2. The summed E-state index contributed by atoms with van der Waals surface area (Å²) in [7, 11) is -3.37. The summed E-state index contributed by atoms with van der Waals surface area (Å²) in [6.07, 6.45) is 0.239. The Morgan fingerprint density at radius 2 is 1.78 bits per heavy atom. The van der Waals surface area contributed by atoms with Crippen molar-refractivity contribution in [2.75, 3.05) is 44.5 Å². The highest BCUT2D eigenvalue weighted by atomic mass is 28.4. The molecule has 0 bridgehead atoms. The summed E-state index contributed by atoms with van der Waals surface area (Å²) in [5, 5.41) is 19.1. The summed E-state index contributed by atoms with van der Waals surface area (Å²) in [5.41, 5.74) is 2.04. The standard InChI is InChI=1S/C36H57N5O6Si2/c1-25-17-26(21-37)18-30(45-24-43-15-16-48(8,9)10)32(25)29-20-31-33(39-38-29)41(13-14-44-31)27-19-28(47-49(11,12)36(5,6)7)23-40(22-27)34(42)46-35(2,3)4/h17-18,20,27-28H,13-16,19,22-24H2,1-12H3/t27-,28+/m1/s1. The van der Waals surface area contributed by atoms with Gasteiger partial charge in [0, 0.05) is 39.4 Å².